The molecular formula is C13H10O4. The zero-order valence-electron chi connectivity index (χ0n) is 8.92. The van der Waals surface area contributed by atoms with Crippen LogP contribution in [0.5, 0.6) is 11.5 Å². The molecular weight excluding hydrogens is 220 g/mol. The molecule has 0 aliphatic carbocycles. The Hall–Kier alpha value is -2.49. The third kappa shape index (κ3) is 2.75. The average Bonchev–Trinajstić information content (AvgIpc) is 2.28. The molecule has 4 nitrogen and oxygen atoms in total. The van der Waals surface area contributed by atoms with Crippen molar-refractivity contribution in [2.45, 2.75) is 0 Å². The minimum absolute atomic E-state index is 0.504. The van der Waals surface area contributed by atoms with E-state index in [-0.39, 0.29) is 0 Å². The Balaban J connectivity index is 2.16. The number of hydrogen-bond donors (Lipinski definition) is 1. The smallest absolute Gasteiger partial charge is 0.331 e. The van der Waals surface area contributed by atoms with Gasteiger partial charge in [0.15, 0.2) is 0 Å². The first-order valence-corrected chi connectivity index (χ1v) is 4.90. The Morgan fingerprint density at radius 1 is 1.41 bits per heavy atom. The summed E-state index contributed by atoms with van der Waals surface area (Å²) in [6.45, 7) is 3.69. The van der Waals surface area contributed by atoms with Crippen LogP contribution >= 0.6 is 0 Å². The fourth-order valence-electron chi connectivity index (χ4n) is 1.34. The lowest BCUT2D eigenvalue weighted by Crippen LogP contribution is -1.98. The SMILES string of the molecule is C=C1C=Cc2ccc(O/C=C/C(=O)O)cc2O1. The molecule has 0 amide bonds. The second kappa shape index (κ2) is 4.57. The number of carbonyl (C=O) groups is 1. The normalized spacial score (nSPS) is 13.3. The Morgan fingerprint density at radius 2 is 2.24 bits per heavy atom. The highest BCUT2D eigenvalue weighted by Gasteiger charge is 2.08. The van der Waals surface area contributed by atoms with Crippen molar-refractivity contribution in [2.75, 3.05) is 0 Å². The average molecular weight is 230 g/mol. The van der Waals surface area contributed by atoms with Gasteiger partial charge in [0.05, 0.1) is 12.3 Å². The number of fused-ring (bicyclic) bond motifs is 1. The van der Waals surface area contributed by atoms with E-state index in [1.807, 2.05) is 12.1 Å². The second-order valence-corrected chi connectivity index (χ2v) is 3.36. The first-order valence-electron chi connectivity index (χ1n) is 4.90. The summed E-state index contributed by atoms with van der Waals surface area (Å²) in [5.74, 6) is 0.634. The van der Waals surface area contributed by atoms with E-state index in [1.54, 1.807) is 18.2 Å². The van der Waals surface area contributed by atoms with Gasteiger partial charge in [-0.2, -0.15) is 0 Å². The summed E-state index contributed by atoms with van der Waals surface area (Å²) in [6, 6.07) is 5.23. The lowest BCUT2D eigenvalue weighted by atomic mass is 10.1. The van der Waals surface area contributed by atoms with Crippen LogP contribution in [-0.2, 0) is 4.79 Å². The molecule has 4 heteroatoms. The van der Waals surface area contributed by atoms with Gasteiger partial charge < -0.3 is 14.6 Å². The summed E-state index contributed by atoms with van der Waals surface area (Å²) in [5, 5.41) is 8.41. The topological polar surface area (TPSA) is 55.8 Å². The molecule has 0 radical (unpaired) electrons. The van der Waals surface area contributed by atoms with Crippen LogP contribution in [0.25, 0.3) is 6.08 Å². The van der Waals surface area contributed by atoms with Crippen LogP contribution in [0.1, 0.15) is 5.56 Å². The van der Waals surface area contributed by atoms with Gasteiger partial charge >= 0.3 is 5.97 Å². The van der Waals surface area contributed by atoms with Gasteiger partial charge in [-0.25, -0.2) is 4.79 Å². The molecule has 0 aromatic heterocycles. The monoisotopic (exact) mass is 230 g/mol. The van der Waals surface area contributed by atoms with E-state index < -0.39 is 5.97 Å². The van der Waals surface area contributed by atoms with Crippen molar-refractivity contribution in [3.8, 4) is 11.5 Å². The van der Waals surface area contributed by atoms with Crippen LogP contribution in [0.2, 0.25) is 0 Å². The predicted octanol–water partition coefficient (Wildman–Crippen LogP) is 2.58. The molecule has 2 rings (SSSR count). The maximum Gasteiger partial charge on any atom is 0.331 e. The van der Waals surface area contributed by atoms with Crippen molar-refractivity contribution in [3.63, 3.8) is 0 Å². The van der Waals surface area contributed by atoms with E-state index in [0.29, 0.717) is 17.3 Å². The Morgan fingerprint density at radius 3 is 3.00 bits per heavy atom. The molecule has 1 aliphatic rings. The van der Waals surface area contributed by atoms with E-state index in [0.717, 1.165) is 17.9 Å². The maximum absolute atomic E-state index is 10.3. The molecule has 0 bridgehead atoms. The van der Waals surface area contributed by atoms with Gasteiger partial charge in [-0.05, 0) is 24.3 Å². The summed E-state index contributed by atoms with van der Waals surface area (Å²) in [5.41, 5.74) is 0.923. The van der Waals surface area contributed by atoms with Crippen LogP contribution < -0.4 is 9.47 Å². The van der Waals surface area contributed by atoms with Crippen LogP contribution in [0.3, 0.4) is 0 Å². The largest absolute Gasteiger partial charge is 0.478 e. The molecule has 1 aliphatic heterocycles. The number of hydrogen-bond acceptors (Lipinski definition) is 3. The molecule has 0 unspecified atom stereocenters. The maximum atomic E-state index is 10.3. The van der Waals surface area contributed by atoms with E-state index in [9.17, 15) is 4.79 Å². The van der Waals surface area contributed by atoms with E-state index in [1.165, 1.54) is 0 Å². The summed E-state index contributed by atoms with van der Waals surface area (Å²) in [4.78, 5) is 10.3. The molecule has 1 heterocycles. The van der Waals surface area contributed by atoms with Crippen LogP contribution in [0, 0.1) is 0 Å². The number of allylic oxidation sites excluding steroid dienone is 1. The Kier molecular flexibility index (Phi) is 2.96. The number of carboxylic acids is 1. The lowest BCUT2D eigenvalue weighted by molar-refractivity contribution is -0.131. The van der Waals surface area contributed by atoms with Gasteiger partial charge in [0.1, 0.15) is 17.3 Å². The van der Waals surface area contributed by atoms with Crippen LogP contribution in [0.15, 0.2) is 49.0 Å². The van der Waals surface area contributed by atoms with Gasteiger partial charge in [0.25, 0.3) is 0 Å². The molecule has 0 fully saturated rings. The first kappa shape index (κ1) is 11.0. The number of rotatable bonds is 3. The molecule has 86 valence electrons. The summed E-state index contributed by atoms with van der Waals surface area (Å²) >= 11 is 0. The Bertz CT molecular complexity index is 526. The van der Waals surface area contributed by atoms with Gasteiger partial charge in [-0.3, -0.25) is 0 Å². The minimum Gasteiger partial charge on any atom is -0.478 e. The number of ether oxygens (including phenoxy) is 2. The third-order valence-corrected chi connectivity index (χ3v) is 2.09. The molecule has 0 saturated heterocycles. The molecule has 17 heavy (non-hydrogen) atoms. The number of benzene rings is 1. The van der Waals surface area contributed by atoms with Gasteiger partial charge in [0, 0.05) is 11.6 Å². The first-order chi connectivity index (χ1) is 8.15. The van der Waals surface area contributed by atoms with Crippen molar-refractivity contribution in [1.29, 1.82) is 0 Å². The highest BCUT2D eigenvalue weighted by Crippen LogP contribution is 2.30. The Labute approximate surface area is 98.1 Å². The van der Waals surface area contributed by atoms with E-state index in [4.69, 9.17) is 14.6 Å². The minimum atomic E-state index is -1.06. The molecule has 1 N–H and O–H groups in total. The molecule has 0 spiro atoms. The van der Waals surface area contributed by atoms with Crippen molar-refractivity contribution < 1.29 is 19.4 Å². The van der Waals surface area contributed by atoms with Crippen molar-refractivity contribution in [2.24, 2.45) is 0 Å². The summed E-state index contributed by atoms with van der Waals surface area (Å²) in [6.07, 6.45) is 5.68. The molecule has 0 saturated carbocycles. The van der Waals surface area contributed by atoms with Gasteiger partial charge in [0.2, 0.25) is 0 Å². The molecule has 1 aromatic carbocycles. The van der Waals surface area contributed by atoms with E-state index >= 15 is 0 Å². The zero-order chi connectivity index (χ0) is 12.3. The van der Waals surface area contributed by atoms with Gasteiger partial charge in [-0.15, -0.1) is 0 Å². The fourth-order valence-corrected chi connectivity index (χ4v) is 1.34. The number of aliphatic carboxylic acids is 1. The lowest BCUT2D eigenvalue weighted by Gasteiger charge is -2.14. The summed E-state index contributed by atoms with van der Waals surface area (Å²) in [7, 11) is 0. The fraction of sp³-hybridized carbons (Fsp3) is 0. The summed E-state index contributed by atoms with van der Waals surface area (Å²) < 4.78 is 10.5. The predicted molar refractivity (Wildman–Crippen MR) is 62.6 cm³/mol. The second-order valence-electron chi connectivity index (χ2n) is 3.36. The van der Waals surface area contributed by atoms with Crippen molar-refractivity contribution in [3.05, 3.63) is 54.5 Å². The number of carboxylic acid groups (broad SMARTS) is 1. The quantitative estimate of drug-likeness (QED) is 0.640. The zero-order valence-corrected chi connectivity index (χ0v) is 8.92. The molecule has 0 atom stereocenters. The van der Waals surface area contributed by atoms with E-state index in [2.05, 4.69) is 6.58 Å². The van der Waals surface area contributed by atoms with Gasteiger partial charge in [-0.1, -0.05) is 6.58 Å². The highest BCUT2D eigenvalue weighted by molar-refractivity contribution is 5.79. The van der Waals surface area contributed by atoms with Crippen LogP contribution in [-0.4, -0.2) is 11.1 Å². The van der Waals surface area contributed by atoms with Crippen molar-refractivity contribution in [1.82, 2.24) is 0 Å². The third-order valence-electron chi connectivity index (χ3n) is 2.09. The highest BCUT2D eigenvalue weighted by atomic mass is 16.5. The van der Waals surface area contributed by atoms with Crippen LogP contribution in [0.4, 0.5) is 0 Å². The van der Waals surface area contributed by atoms with Crippen molar-refractivity contribution >= 4 is 12.0 Å². The standard InChI is InChI=1S/C13H10O4/c1-9-2-3-10-4-5-11(8-12(10)17-9)16-7-6-13(14)15/h2-8H,1H2,(H,14,15)/b7-6+. The molecule has 1 aromatic rings.